The Balaban J connectivity index is 0.000000612. The second-order valence-corrected chi connectivity index (χ2v) is 7.20. The summed E-state index contributed by atoms with van der Waals surface area (Å²) < 4.78 is 7.19. The summed E-state index contributed by atoms with van der Waals surface area (Å²) in [4.78, 5) is 11.7. The van der Waals surface area contributed by atoms with Gasteiger partial charge in [0.1, 0.15) is 17.8 Å². The summed E-state index contributed by atoms with van der Waals surface area (Å²) in [6, 6.07) is 1.35. The number of aliphatic hydroxyl groups is 2. The number of rotatable bonds is 2. The molecule has 0 bridgehead atoms. The van der Waals surface area contributed by atoms with Gasteiger partial charge in [0.05, 0.1) is 12.7 Å². The van der Waals surface area contributed by atoms with Gasteiger partial charge in [-0.3, -0.25) is 9.98 Å². The summed E-state index contributed by atoms with van der Waals surface area (Å²) in [5, 5.41) is 25.8. The molecule has 5 N–H and O–H groups in total. The molecule has 1 saturated heterocycles. The van der Waals surface area contributed by atoms with Crippen molar-refractivity contribution in [1.29, 1.82) is 5.41 Å². The Morgan fingerprint density at radius 1 is 1.60 bits per heavy atom. The van der Waals surface area contributed by atoms with Crippen molar-refractivity contribution < 1.29 is 31.4 Å². The van der Waals surface area contributed by atoms with Gasteiger partial charge in [0.15, 0.2) is 0 Å². The predicted molar refractivity (Wildman–Crippen MR) is 68.0 cm³/mol. The third-order valence-corrected chi connectivity index (χ3v) is 2.77. The van der Waals surface area contributed by atoms with E-state index in [0.717, 1.165) is 0 Å². The molecule has 1 aromatic heterocycles. The second-order valence-electron chi connectivity index (χ2n) is 3.92. The number of nitrogens with one attached hydrogen (secondary N) is 1. The fourth-order valence-electron chi connectivity index (χ4n) is 1.79. The van der Waals surface area contributed by atoms with Crippen molar-refractivity contribution in [2.24, 2.45) is 0 Å². The van der Waals surface area contributed by atoms with Crippen molar-refractivity contribution in [1.82, 2.24) is 9.24 Å². The van der Waals surface area contributed by atoms with Gasteiger partial charge in [-0.2, -0.15) is 4.68 Å². The van der Waals surface area contributed by atoms with Crippen molar-refractivity contribution >= 4 is 18.8 Å². The van der Waals surface area contributed by atoms with Crippen LogP contribution in [0.4, 0.5) is 0 Å². The number of nitrogens with two attached hydrogens (primary N) is 1. The molecule has 11 heteroatoms. The van der Waals surface area contributed by atoms with Crippen molar-refractivity contribution in [3.63, 3.8) is 0 Å². The molecular formula is C9H14Cl2N4O4Pt. The maximum atomic E-state index is 11.7. The zero-order valence-corrected chi connectivity index (χ0v) is 13.8. The monoisotopic (exact) mass is 507 g/mol. The van der Waals surface area contributed by atoms with E-state index >= 15 is 0 Å². The van der Waals surface area contributed by atoms with E-state index in [2.05, 4.69) is 0 Å². The Bertz CT molecular complexity index is 551. The van der Waals surface area contributed by atoms with Crippen LogP contribution in [0, 0.1) is 5.41 Å². The SMILES string of the molecule is N=c1ccn(C2CC(O)C(CO)O2)c(=O)n1N.[Cl][Pt][Cl]. The summed E-state index contributed by atoms with van der Waals surface area (Å²) >= 11 is -0.472. The molecule has 3 atom stereocenters. The summed E-state index contributed by atoms with van der Waals surface area (Å²) in [5.41, 5.74) is -0.725. The van der Waals surface area contributed by atoms with Crippen molar-refractivity contribution in [3.05, 3.63) is 28.2 Å². The summed E-state index contributed by atoms with van der Waals surface area (Å²) in [6.07, 6.45) is -0.620. The molecule has 8 nitrogen and oxygen atoms in total. The molecule has 0 aromatic carbocycles. The molecule has 1 aliphatic rings. The maximum absolute atomic E-state index is 11.7. The average Bonchev–Trinajstić information content (AvgIpc) is 2.78. The van der Waals surface area contributed by atoms with Gasteiger partial charge in [-0.15, -0.1) is 0 Å². The van der Waals surface area contributed by atoms with Crippen LogP contribution in [0.1, 0.15) is 12.6 Å². The molecule has 0 amide bonds. The third kappa shape index (κ3) is 4.06. The van der Waals surface area contributed by atoms with Crippen LogP contribution >= 0.6 is 18.8 Å². The number of hydrogen-bond acceptors (Lipinski definition) is 6. The van der Waals surface area contributed by atoms with Crippen LogP contribution in [0.2, 0.25) is 0 Å². The molecule has 3 unspecified atom stereocenters. The number of halogens is 2. The minimum atomic E-state index is -0.821. The number of nitrogens with zero attached hydrogens (tertiary/aromatic N) is 2. The first-order valence-electron chi connectivity index (χ1n) is 5.36. The quantitative estimate of drug-likeness (QED) is 0.376. The zero-order chi connectivity index (χ0) is 15.3. The number of aromatic nitrogens is 2. The summed E-state index contributed by atoms with van der Waals surface area (Å²) in [7, 11) is 9.75. The molecule has 0 saturated carbocycles. The van der Waals surface area contributed by atoms with E-state index in [0.29, 0.717) is 4.68 Å². The molecule has 1 aromatic rings. The molecule has 2 heterocycles. The van der Waals surface area contributed by atoms with E-state index in [1.54, 1.807) is 0 Å². The minimum absolute atomic E-state index is 0.122. The predicted octanol–water partition coefficient (Wildman–Crippen LogP) is -1.14. The molecular weight excluding hydrogens is 494 g/mol. The van der Waals surface area contributed by atoms with Crippen LogP contribution < -0.4 is 17.0 Å². The average molecular weight is 508 g/mol. The molecule has 118 valence electrons. The molecule has 0 radical (unpaired) electrons. The fourth-order valence-corrected chi connectivity index (χ4v) is 1.79. The summed E-state index contributed by atoms with van der Waals surface area (Å²) in [5.74, 6) is 5.38. The van der Waals surface area contributed by atoms with Gasteiger partial charge in [-0.25, -0.2) is 4.79 Å². The van der Waals surface area contributed by atoms with Gasteiger partial charge in [-0.1, -0.05) is 0 Å². The Morgan fingerprint density at radius 3 is 2.70 bits per heavy atom. The van der Waals surface area contributed by atoms with Gasteiger partial charge in [0.2, 0.25) is 0 Å². The zero-order valence-electron chi connectivity index (χ0n) is 10.1. The fraction of sp³-hybridized carbons (Fsp3) is 0.556. The number of aliphatic hydroxyl groups excluding tert-OH is 2. The van der Waals surface area contributed by atoms with Crippen LogP contribution in [-0.2, 0) is 21.2 Å². The Kier molecular flexibility index (Phi) is 7.22. The van der Waals surface area contributed by atoms with E-state index in [1.807, 2.05) is 0 Å². The van der Waals surface area contributed by atoms with E-state index in [1.165, 1.54) is 16.8 Å². The van der Waals surface area contributed by atoms with Gasteiger partial charge >= 0.3 is 41.0 Å². The Morgan fingerprint density at radius 2 is 2.20 bits per heavy atom. The van der Waals surface area contributed by atoms with Crippen molar-refractivity contribution in [2.75, 3.05) is 12.4 Å². The normalized spacial score (nSPS) is 25.3. The van der Waals surface area contributed by atoms with Crippen LogP contribution in [-0.4, -0.2) is 38.3 Å². The Labute approximate surface area is 130 Å². The molecule has 2 rings (SSSR count). The summed E-state index contributed by atoms with van der Waals surface area (Å²) in [6.45, 7) is -0.314. The molecule has 0 aliphatic carbocycles. The van der Waals surface area contributed by atoms with Crippen LogP contribution in [0.3, 0.4) is 0 Å². The van der Waals surface area contributed by atoms with Gasteiger partial charge in [0, 0.05) is 12.6 Å². The second kappa shape index (κ2) is 8.16. The molecule has 20 heavy (non-hydrogen) atoms. The van der Waals surface area contributed by atoms with E-state index in [4.69, 9.17) is 39.9 Å². The Hall–Kier alpha value is -0.372. The van der Waals surface area contributed by atoms with Crippen LogP contribution in [0.15, 0.2) is 17.1 Å². The third-order valence-electron chi connectivity index (χ3n) is 2.77. The number of ether oxygens (including phenoxy) is 1. The van der Waals surface area contributed by atoms with Crippen molar-refractivity contribution in [3.8, 4) is 0 Å². The van der Waals surface area contributed by atoms with E-state index in [9.17, 15) is 9.90 Å². The number of hydrogen-bond donors (Lipinski definition) is 4. The standard InChI is InChI=1S/C9H14N4O4.2ClH.Pt/c10-7-1-2-12(9(16)13(7)11)8-3-5(15)6(4-14)17-8;;;/h1-2,5-6,8,10,14-15H,3-4,11H2;2*1H;/q;;;+2/p-2. The van der Waals surface area contributed by atoms with Crippen LogP contribution in [0.25, 0.3) is 0 Å². The molecule has 0 spiro atoms. The van der Waals surface area contributed by atoms with Crippen LogP contribution in [0.5, 0.6) is 0 Å². The first-order valence-corrected chi connectivity index (χ1v) is 11.0. The topological polar surface area (TPSA) is 126 Å². The molecule has 1 fully saturated rings. The van der Waals surface area contributed by atoms with E-state index < -0.39 is 40.6 Å². The van der Waals surface area contributed by atoms with Gasteiger partial charge in [0.25, 0.3) is 0 Å². The first-order chi connectivity index (χ1) is 9.46. The van der Waals surface area contributed by atoms with Crippen molar-refractivity contribution in [2.45, 2.75) is 24.9 Å². The number of nitrogen functional groups attached to an aromatic ring is 1. The first kappa shape index (κ1) is 17.7. The van der Waals surface area contributed by atoms with Gasteiger partial charge in [-0.05, 0) is 6.07 Å². The van der Waals surface area contributed by atoms with Gasteiger partial charge < -0.3 is 20.8 Å². The van der Waals surface area contributed by atoms with E-state index in [-0.39, 0.29) is 18.5 Å². The molecule has 1 aliphatic heterocycles.